The Hall–Kier alpha value is -1.72. The first-order chi connectivity index (χ1) is 9.36. The van der Waals surface area contributed by atoms with Crippen LogP contribution in [-0.2, 0) is 6.54 Å². The van der Waals surface area contributed by atoms with Crippen LogP contribution in [0.4, 0.5) is 0 Å². The van der Waals surface area contributed by atoms with Gasteiger partial charge in [-0.25, -0.2) is 9.97 Å². The summed E-state index contributed by atoms with van der Waals surface area (Å²) in [6.07, 6.45) is 6.97. The van der Waals surface area contributed by atoms with Gasteiger partial charge in [0.2, 0.25) is 0 Å². The minimum absolute atomic E-state index is 0.310. The molecule has 0 fully saturated rings. The lowest BCUT2D eigenvalue weighted by Crippen LogP contribution is -2.20. The molecule has 0 saturated carbocycles. The summed E-state index contributed by atoms with van der Waals surface area (Å²) < 4.78 is 2.04. The molecule has 0 aromatic carbocycles. The summed E-state index contributed by atoms with van der Waals surface area (Å²) in [5.74, 6) is 0. The maximum Gasteiger partial charge on any atom is 0.137 e. The third-order valence-corrected chi connectivity index (χ3v) is 3.99. The molecule has 1 unspecified atom stereocenters. The van der Waals surface area contributed by atoms with Crippen LogP contribution in [-0.4, -0.2) is 14.4 Å². The topological polar surface area (TPSA) is 42.2 Å². The van der Waals surface area contributed by atoms with E-state index in [1.54, 1.807) is 11.3 Å². The fourth-order valence-electron chi connectivity index (χ4n) is 2.11. The molecule has 0 amide bonds. The number of nitrogens with one attached hydrogen (secondary N) is 1. The number of fused-ring (bicyclic) bond motifs is 1. The van der Waals surface area contributed by atoms with Crippen molar-refractivity contribution < 1.29 is 0 Å². The molecule has 0 saturated heterocycles. The second-order valence-electron chi connectivity index (χ2n) is 4.41. The zero-order valence-corrected chi connectivity index (χ0v) is 11.6. The molecule has 4 nitrogen and oxygen atoms in total. The zero-order chi connectivity index (χ0) is 13.1. The van der Waals surface area contributed by atoms with Crippen LogP contribution in [0, 0.1) is 0 Å². The summed E-state index contributed by atoms with van der Waals surface area (Å²) in [5, 5.41) is 6.68. The van der Waals surface area contributed by atoms with Gasteiger partial charge < -0.3 is 9.72 Å². The van der Waals surface area contributed by atoms with Crippen LogP contribution in [0.1, 0.15) is 30.1 Å². The Morgan fingerprint density at radius 3 is 3.11 bits per heavy atom. The second kappa shape index (κ2) is 5.50. The Labute approximate surface area is 116 Å². The number of imidazole rings is 1. The van der Waals surface area contributed by atoms with Gasteiger partial charge >= 0.3 is 0 Å². The lowest BCUT2D eigenvalue weighted by atomic mass is 10.2. The first kappa shape index (κ1) is 12.3. The van der Waals surface area contributed by atoms with Crippen LogP contribution in [0.25, 0.3) is 5.65 Å². The van der Waals surface area contributed by atoms with E-state index in [4.69, 9.17) is 0 Å². The molecule has 3 rings (SSSR count). The summed E-state index contributed by atoms with van der Waals surface area (Å²) in [6.45, 7) is 2.93. The molecule has 5 heteroatoms. The van der Waals surface area contributed by atoms with Crippen molar-refractivity contribution in [3.05, 3.63) is 52.9 Å². The molecular weight excluding hydrogens is 256 g/mol. The van der Waals surface area contributed by atoms with Crippen molar-refractivity contribution in [2.75, 3.05) is 0 Å². The smallest absolute Gasteiger partial charge is 0.137 e. The Morgan fingerprint density at radius 1 is 1.42 bits per heavy atom. The number of nitrogens with zero attached hydrogens (tertiary/aromatic N) is 3. The van der Waals surface area contributed by atoms with Gasteiger partial charge in [0.05, 0.1) is 11.7 Å². The SMILES string of the molecule is CCC(NCc1cn2ccccc2n1)c1nccs1. The summed E-state index contributed by atoms with van der Waals surface area (Å²) >= 11 is 1.70. The Balaban J connectivity index is 1.71. The van der Waals surface area contributed by atoms with Crippen molar-refractivity contribution in [3.8, 4) is 0 Å². The van der Waals surface area contributed by atoms with Crippen molar-refractivity contribution in [1.82, 2.24) is 19.7 Å². The molecule has 0 aliphatic heterocycles. The van der Waals surface area contributed by atoms with E-state index in [1.807, 2.05) is 40.4 Å². The molecule has 1 atom stereocenters. The minimum atomic E-state index is 0.310. The molecule has 0 aliphatic rings. The third-order valence-electron chi connectivity index (χ3n) is 3.10. The third kappa shape index (κ3) is 2.67. The van der Waals surface area contributed by atoms with E-state index >= 15 is 0 Å². The normalized spacial score (nSPS) is 12.9. The van der Waals surface area contributed by atoms with E-state index in [2.05, 4.69) is 28.4 Å². The van der Waals surface area contributed by atoms with Crippen LogP contribution >= 0.6 is 11.3 Å². The first-order valence-corrected chi connectivity index (χ1v) is 7.30. The molecule has 0 bridgehead atoms. The van der Waals surface area contributed by atoms with E-state index < -0.39 is 0 Å². The Kier molecular flexibility index (Phi) is 3.57. The summed E-state index contributed by atoms with van der Waals surface area (Å²) in [4.78, 5) is 8.96. The highest BCUT2D eigenvalue weighted by Crippen LogP contribution is 2.19. The van der Waals surface area contributed by atoms with Crippen LogP contribution < -0.4 is 5.32 Å². The summed E-state index contributed by atoms with van der Waals surface area (Å²) in [6, 6.07) is 6.34. The Morgan fingerprint density at radius 2 is 2.37 bits per heavy atom. The van der Waals surface area contributed by atoms with Crippen LogP contribution in [0.5, 0.6) is 0 Å². The predicted molar refractivity (Wildman–Crippen MR) is 77.2 cm³/mol. The van der Waals surface area contributed by atoms with Gasteiger partial charge in [-0.3, -0.25) is 0 Å². The summed E-state index contributed by atoms with van der Waals surface area (Å²) in [7, 11) is 0. The molecule has 3 aromatic rings. The van der Waals surface area contributed by atoms with E-state index in [0.717, 1.165) is 29.3 Å². The highest BCUT2D eigenvalue weighted by Gasteiger charge is 2.11. The van der Waals surface area contributed by atoms with E-state index in [1.165, 1.54) is 0 Å². The average Bonchev–Trinajstić information content (AvgIpc) is 3.08. The largest absolute Gasteiger partial charge is 0.307 e. The summed E-state index contributed by atoms with van der Waals surface area (Å²) in [5.41, 5.74) is 2.04. The van der Waals surface area contributed by atoms with Gasteiger partial charge in [0.25, 0.3) is 0 Å². The molecule has 0 spiro atoms. The molecule has 1 N–H and O–H groups in total. The maximum absolute atomic E-state index is 4.58. The minimum Gasteiger partial charge on any atom is -0.307 e. The van der Waals surface area contributed by atoms with Crippen molar-refractivity contribution in [3.63, 3.8) is 0 Å². The predicted octanol–water partition coefficient (Wildman–Crippen LogP) is 3.03. The van der Waals surface area contributed by atoms with E-state index in [9.17, 15) is 0 Å². The van der Waals surface area contributed by atoms with Gasteiger partial charge in [-0.15, -0.1) is 11.3 Å². The van der Waals surface area contributed by atoms with Gasteiger partial charge in [0.1, 0.15) is 10.7 Å². The lowest BCUT2D eigenvalue weighted by molar-refractivity contribution is 0.513. The van der Waals surface area contributed by atoms with Gasteiger partial charge in [0.15, 0.2) is 0 Å². The standard InChI is InChI=1S/C14H16N4S/c1-2-12(14-15-6-8-19-14)16-9-11-10-18-7-4-3-5-13(18)17-11/h3-8,10,12,16H,2,9H2,1H3. The van der Waals surface area contributed by atoms with Crippen LogP contribution in [0.2, 0.25) is 0 Å². The van der Waals surface area contributed by atoms with Gasteiger partial charge in [-0.2, -0.15) is 0 Å². The second-order valence-corrected chi connectivity index (χ2v) is 5.34. The molecule has 3 aromatic heterocycles. The van der Waals surface area contributed by atoms with Gasteiger partial charge in [-0.05, 0) is 18.6 Å². The average molecular weight is 272 g/mol. The highest BCUT2D eigenvalue weighted by atomic mass is 32.1. The number of aromatic nitrogens is 3. The molecule has 0 radical (unpaired) electrons. The van der Waals surface area contributed by atoms with E-state index in [-0.39, 0.29) is 0 Å². The molecule has 0 aliphatic carbocycles. The first-order valence-electron chi connectivity index (χ1n) is 6.42. The fourth-order valence-corrected chi connectivity index (χ4v) is 2.91. The van der Waals surface area contributed by atoms with Crippen molar-refractivity contribution in [2.45, 2.75) is 25.9 Å². The molecule has 3 heterocycles. The Bertz CT molecular complexity index is 611. The number of thiazole rings is 1. The quantitative estimate of drug-likeness (QED) is 0.776. The van der Waals surface area contributed by atoms with Crippen molar-refractivity contribution >= 4 is 17.0 Å². The maximum atomic E-state index is 4.58. The van der Waals surface area contributed by atoms with Crippen LogP contribution in [0.15, 0.2) is 42.2 Å². The van der Waals surface area contributed by atoms with Gasteiger partial charge in [0, 0.05) is 30.5 Å². The van der Waals surface area contributed by atoms with Crippen LogP contribution in [0.3, 0.4) is 0 Å². The molecular formula is C14H16N4S. The number of hydrogen-bond acceptors (Lipinski definition) is 4. The molecule has 98 valence electrons. The number of pyridine rings is 1. The fraction of sp³-hybridized carbons (Fsp3) is 0.286. The molecule has 19 heavy (non-hydrogen) atoms. The van der Waals surface area contributed by atoms with Gasteiger partial charge in [-0.1, -0.05) is 13.0 Å². The monoisotopic (exact) mass is 272 g/mol. The number of rotatable bonds is 5. The highest BCUT2D eigenvalue weighted by molar-refractivity contribution is 7.09. The number of hydrogen-bond donors (Lipinski definition) is 1. The van der Waals surface area contributed by atoms with E-state index in [0.29, 0.717) is 6.04 Å². The lowest BCUT2D eigenvalue weighted by Gasteiger charge is -2.12. The van der Waals surface area contributed by atoms with Crippen molar-refractivity contribution in [1.29, 1.82) is 0 Å². The zero-order valence-electron chi connectivity index (χ0n) is 10.8. The van der Waals surface area contributed by atoms with Crippen molar-refractivity contribution in [2.24, 2.45) is 0 Å².